The third kappa shape index (κ3) is 4.54. The summed E-state index contributed by atoms with van der Waals surface area (Å²) in [5.74, 6) is 0.841. The van der Waals surface area contributed by atoms with E-state index < -0.39 is 11.7 Å². The molecule has 23 heavy (non-hydrogen) atoms. The van der Waals surface area contributed by atoms with Crippen molar-refractivity contribution in [2.75, 3.05) is 7.05 Å². The lowest BCUT2D eigenvalue weighted by molar-refractivity contribution is 0.0208. The van der Waals surface area contributed by atoms with Gasteiger partial charge in [-0.05, 0) is 52.0 Å². The van der Waals surface area contributed by atoms with Gasteiger partial charge < -0.3 is 9.26 Å². The molecular weight excluding hydrogens is 362 g/mol. The van der Waals surface area contributed by atoms with E-state index in [0.717, 1.165) is 10.0 Å². The number of hydrogen-bond acceptors (Lipinski definition) is 5. The fraction of sp³-hybridized carbons (Fsp3) is 0.438. The van der Waals surface area contributed by atoms with Gasteiger partial charge in [0.1, 0.15) is 11.6 Å². The van der Waals surface area contributed by atoms with Gasteiger partial charge in [-0.1, -0.05) is 21.1 Å². The first-order valence-electron chi connectivity index (χ1n) is 7.23. The highest BCUT2D eigenvalue weighted by molar-refractivity contribution is 9.10. The smallest absolute Gasteiger partial charge is 0.410 e. The van der Waals surface area contributed by atoms with Gasteiger partial charge in [-0.3, -0.25) is 4.90 Å². The summed E-state index contributed by atoms with van der Waals surface area (Å²) >= 11 is 3.38. The number of hydrogen-bond donors (Lipinski definition) is 0. The maximum atomic E-state index is 12.1. The number of carbonyl (C=O) groups excluding carboxylic acids is 1. The SMILES string of the molecule is CC(c1nc(-c2ccc(Br)cc2)no1)N(C)C(=O)OC(C)(C)C. The van der Waals surface area contributed by atoms with E-state index in [9.17, 15) is 4.79 Å². The lowest BCUT2D eigenvalue weighted by atomic mass is 10.2. The number of nitrogens with zero attached hydrogens (tertiary/aromatic N) is 3. The predicted molar refractivity (Wildman–Crippen MR) is 89.8 cm³/mol. The van der Waals surface area contributed by atoms with Crippen molar-refractivity contribution < 1.29 is 14.1 Å². The molecular formula is C16H20BrN3O3. The monoisotopic (exact) mass is 381 g/mol. The molecule has 0 spiro atoms. The molecule has 0 saturated heterocycles. The molecule has 1 heterocycles. The largest absolute Gasteiger partial charge is 0.444 e. The number of ether oxygens (including phenoxy) is 1. The normalized spacial score (nSPS) is 12.8. The molecule has 0 aliphatic heterocycles. The Kier molecular flexibility index (Phi) is 5.09. The van der Waals surface area contributed by atoms with Crippen molar-refractivity contribution >= 4 is 22.0 Å². The highest BCUT2D eigenvalue weighted by Gasteiger charge is 2.27. The molecule has 6 nitrogen and oxygen atoms in total. The van der Waals surface area contributed by atoms with Gasteiger partial charge >= 0.3 is 6.09 Å². The molecule has 1 amide bonds. The van der Waals surface area contributed by atoms with Gasteiger partial charge in [0.05, 0.1) is 0 Å². The Morgan fingerprint density at radius 1 is 1.30 bits per heavy atom. The second kappa shape index (κ2) is 6.70. The molecule has 1 aromatic carbocycles. The fourth-order valence-corrected chi connectivity index (χ4v) is 2.04. The van der Waals surface area contributed by atoms with Crippen molar-refractivity contribution in [1.29, 1.82) is 0 Å². The second-order valence-corrected chi connectivity index (χ2v) is 7.15. The van der Waals surface area contributed by atoms with Gasteiger partial charge in [0.15, 0.2) is 0 Å². The third-order valence-electron chi connectivity index (χ3n) is 3.16. The summed E-state index contributed by atoms with van der Waals surface area (Å²) in [6.07, 6.45) is -0.437. The van der Waals surface area contributed by atoms with Crippen molar-refractivity contribution in [2.24, 2.45) is 0 Å². The van der Waals surface area contributed by atoms with Crippen LogP contribution in [-0.4, -0.2) is 33.8 Å². The summed E-state index contributed by atoms with van der Waals surface area (Å²) < 4.78 is 11.6. The van der Waals surface area contributed by atoms with E-state index in [1.807, 2.05) is 52.0 Å². The summed E-state index contributed by atoms with van der Waals surface area (Å²) in [5, 5.41) is 3.97. The molecule has 1 unspecified atom stereocenters. The second-order valence-electron chi connectivity index (χ2n) is 6.23. The van der Waals surface area contributed by atoms with Gasteiger partial charge in [-0.25, -0.2) is 4.79 Å². The lowest BCUT2D eigenvalue weighted by Gasteiger charge is -2.26. The molecule has 1 aromatic heterocycles. The zero-order valence-electron chi connectivity index (χ0n) is 13.8. The number of rotatable bonds is 3. The van der Waals surface area contributed by atoms with Crippen molar-refractivity contribution in [2.45, 2.75) is 39.3 Å². The molecule has 2 rings (SSSR count). The minimum atomic E-state index is -0.553. The summed E-state index contributed by atoms with van der Waals surface area (Å²) in [6.45, 7) is 7.27. The van der Waals surface area contributed by atoms with Crippen molar-refractivity contribution in [3.63, 3.8) is 0 Å². The van der Waals surface area contributed by atoms with Crippen LogP contribution in [0.3, 0.4) is 0 Å². The van der Waals surface area contributed by atoms with Crippen LogP contribution in [0.1, 0.15) is 39.6 Å². The predicted octanol–water partition coefficient (Wildman–Crippen LogP) is 4.43. The Morgan fingerprint density at radius 3 is 2.48 bits per heavy atom. The maximum Gasteiger partial charge on any atom is 0.410 e. The topological polar surface area (TPSA) is 68.5 Å². The summed E-state index contributed by atoms with van der Waals surface area (Å²) in [6, 6.07) is 7.20. The Morgan fingerprint density at radius 2 is 1.91 bits per heavy atom. The minimum absolute atomic E-state index is 0.358. The van der Waals surface area contributed by atoms with Crippen molar-refractivity contribution in [1.82, 2.24) is 15.0 Å². The Bertz CT molecular complexity index is 677. The lowest BCUT2D eigenvalue weighted by Crippen LogP contribution is -2.35. The first-order chi connectivity index (χ1) is 10.7. The molecule has 0 saturated carbocycles. The van der Waals surface area contributed by atoms with Crippen LogP contribution in [0.5, 0.6) is 0 Å². The van der Waals surface area contributed by atoms with Crippen LogP contribution in [0.25, 0.3) is 11.4 Å². The number of amides is 1. The number of aromatic nitrogens is 2. The fourth-order valence-electron chi connectivity index (χ4n) is 1.78. The van der Waals surface area contributed by atoms with Crippen LogP contribution in [-0.2, 0) is 4.74 Å². The minimum Gasteiger partial charge on any atom is -0.444 e. The van der Waals surface area contributed by atoms with E-state index in [1.54, 1.807) is 7.05 Å². The Balaban J connectivity index is 2.13. The van der Waals surface area contributed by atoms with Crippen molar-refractivity contribution in [3.8, 4) is 11.4 Å². The van der Waals surface area contributed by atoms with E-state index in [-0.39, 0.29) is 6.04 Å². The number of halogens is 1. The van der Waals surface area contributed by atoms with Crippen LogP contribution in [0, 0.1) is 0 Å². The van der Waals surface area contributed by atoms with E-state index in [2.05, 4.69) is 26.1 Å². The van der Waals surface area contributed by atoms with Crippen molar-refractivity contribution in [3.05, 3.63) is 34.6 Å². The third-order valence-corrected chi connectivity index (χ3v) is 3.69. The van der Waals surface area contributed by atoms with Crippen LogP contribution >= 0.6 is 15.9 Å². The molecule has 1 atom stereocenters. The molecule has 0 fully saturated rings. The van der Waals surface area contributed by atoms with E-state index in [4.69, 9.17) is 9.26 Å². The average Bonchev–Trinajstić information content (AvgIpc) is 2.94. The molecule has 0 N–H and O–H groups in total. The maximum absolute atomic E-state index is 12.1. The average molecular weight is 382 g/mol. The number of carbonyl (C=O) groups is 1. The van der Waals surface area contributed by atoms with Crippen LogP contribution in [0.15, 0.2) is 33.3 Å². The molecule has 2 aromatic rings. The number of benzene rings is 1. The van der Waals surface area contributed by atoms with E-state index >= 15 is 0 Å². The Labute approximate surface area is 143 Å². The standard InChI is InChI=1S/C16H20BrN3O3/c1-10(20(5)15(21)22-16(2,3)4)14-18-13(19-23-14)11-6-8-12(17)9-7-11/h6-10H,1-5H3. The van der Waals surface area contributed by atoms with Crippen LogP contribution in [0.2, 0.25) is 0 Å². The molecule has 0 aliphatic carbocycles. The van der Waals surface area contributed by atoms with Crippen LogP contribution < -0.4 is 0 Å². The van der Waals surface area contributed by atoms with Gasteiger partial charge in [0.25, 0.3) is 0 Å². The zero-order chi connectivity index (χ0) is 17.2. The van der Waals surface area contributed by atoms with E-state index in [0.29, 0.717) is 11.7 Å². The van der Waals surface area contributed by atoms with E-state index in [1.165, 1.54) is 4.90 Å². The quantitative estimate of drug-likeness (QED) is 0.786. The first-order valence-corrected chi connectivity index (χ1v) is 8.02. The zero-order valence-corrected chi connectivity index (χ0v) is 15.4. The van der Waals surface area contributed by atoms with Gasteiger partial charge in [-0.15, -0.1) is 0 Å². The molecule has 124 valence electrons. The summed E-state index contributed by atoms with van der Waals surface area (Å²) in [4.78, 5) is 17.9. The molecule has 7 heteroatoms. The Hall–Kier alpha value is -1.89. The summed E-state index contributed by atoms with van der Waals surface area (Å²) in [5.41, 5.74) is 0.290. The highest BCUT2D eigenvalue weighted by atomic mass is 79.9. The van der Waals surface area contributed by atoms with Gasteiger partial charge in [0.2, 0.25) is 11.7 Å². The molecule has 0 bridgehead atoms. The van der Waals surface area contributed by atoms with Crippen LogP contribution in [0.4, 0.5) is 4.79 Å². The highest BCUT2D eigenvalue weighted by Crippen LogP contribution is 2.24. The summed E-state index contributed by atoms with van der Waals surface area (Å²) in [7, 11) is 1.64. The molecule has 0 aliphatic rings. The molecule has 0 radical (unpaired) electrons. The van der Waals surface area contributed by atoms with Gasteiger partial charge in [0, 0.05) is 17.1 Å². The van der Waals surface area contributed by atoms with Gasteiger partial charge in [-0.2, -0.15) is 4.98 Å². The first kappa shape index (κ1) is 17.5.